The number of nitrogens with one attached hydrogen (secondary N) is 1. The number of pyridine rings is 1. The fraction of sp³-hybridized carbons (Fsp3) is 0. The fourth-order valence-electron chi connectivity index (χ4n) is 1.37. The molecule has 1 heterocycles. The van der Waals surface area contributed by atoms with Crippen molar-refractivity contribution in [2.24, 2.45) is 0 Å². The van der Waals surface area contributed by atoms with Crippen LogP contribution in [0.25, 0.3) is 0 Å². The Balaban J connectivity index is 2.28. The van der Waals surface area contributed by atoms with Gasteiger partial charge >= 0.3 is 0 Å². The monoisotopic (exact) mass is 286 g/mol. The van der Waals surface area contributed by atoms with Crippen LogP contribution in [0.2, 0.25) is 5.02 Å². The third-order valence-corrected chi connectivity index (χ3v) is 2.64. The number of nitrogens with zero attached hydrogens (tertiary/aromatic N) is 1. The largest absolute Gasteiger partial charge is 0.318 e. The molecule has 0 aliphatic carbocycles. The van der Waals surface area contributed by atoms with Crippen molar-refractivity contribution in [2.75, 3.05) is 5.32 Å². The number of carbonyl (C=O) groups is 1. The highest BCUT2D eigenvalue weighted by Gasteiger charge is 2.15. The minimum absolute atomic E-state index is 0.162. The Labute approximate surface area is 111 Å². The minimum atomic E-state index is -1.18. The third-order valence-electron chi connectivity index (χ3n) is 2.26. The van der Waals surface area contributed by atoms with E-state index in [-0.39, 0.29) is 16.3 Å². The van der Waals surface area contributed by atoms with Crippen molar-refractivity contribution < 1.29 is 18.0 Å². The van der Waals surface area contributed by atoms with Crippen molar-refractivity contribution in [3.8, 4) is 0 Å². The van der Waals surface area contributed by atoms with Gasteiger partial charge in [0.25, 0.3) is 5.91 Å². The fourth-order valence-corrected chi connectivity index (χ4v) is 1.59. The molecule has 0 bridgehead atoms. The SMILES string of the molecule is O=C(Nc1ccc(F)nc1F)c1cccc(F)c1Cl. The van der Waals surface area contributed by atoms with Crippen LogP contribution >= 0.6 is 11.6 Å². The average Bonchev–Trinajstić information content (AvgIpc) is 2.36. The molecule has 0 fully saturated rings. The molecule has 19 heavy (non-hydrogen) atoms. The first-order valence-corrected chi connectivity index (χ1v) is 5.44. The summed E-state index contributed by atoms with van der Waals surface area (Å²) in [6, 6.07) is 5.53. The molecule has 1 amide bonds. The number of aromatic nitrogens is 1. The van der Waals surface area contributed by atoms with Crippen LogP contribution < -0.4 is 5.32 Å². The van der Waals surface area contributed by atoms with Gasteiger partial charge in [-0.3, -0.25) is 4.79 Å². The number of benzene rings is 1. The van der Waals surface area contributed by atoms with Gasteiger partial charge in [0.2, 0.25) is 11.9 Å². The zero-order valence-corrected chi connectivity index (χ0v) is 10.0. The molecule has 1 N–H and O–H groups in total. The normalized spacial score (nSPS) is 10.3. The molecule has 3 nitrogen and oxygen atoms in total. The molecule has 0 atom stereocenters. The van der Waals surface area contributed by atoms with E-state index in [4.69, 9.17) is 11.6 Å². The van der Waals surface area contributed by atoms with Gasteiger partial charge in [-0.25, -0.2) is 4.39 Å². The van der Waals surface area contributed by atoms with Crippen molar-refractivity contribution in [2.45, 2.75) is 0 Å². The molecule has 1 aromatic carbocycles. The summed E-state index contributed by atoms with van der Waals surface area (Å²) >= 11 is 5.61. The van der Waals surface area contributed by atoms with E-state index in [2.05, 4.69) is 10.3 Å². The Morgan fingerprint density at radius 3 is 2.58 bits per heavy atom. The predicted octanol–water partition coefficient (Wildman–Crippen LogP) is 3.40. The van der Waals surface area contributed by atoms with Crippen LogP contribution in [0.4, 0.5) is 18.9 Å². The van der Waals surface area contributed by atoms with Crippen LogP contribution in [0.1, 0.15) is 10.4 Å². The van der Waals surface area contributed by atoms with Gasteiger partial charge in [-0.05, 0) is 24.3 Å². The molecule has 0 radical (unpaired) electrons. The van der Waals surface area contributed by atoms with Gasteiger partial charge in [-0.15, -0.1) is 0 Å². The van der Waals surface area contributed by atoms with E-state index in [1.165, 1.54) is 12.1 Å². The van der Waals surface area contributed by atoms with Gasteiger partial charge in [0, 0.05) is 0 Å². The first kappa shape index (κ1) is 13.4. The van der Waals surface area contributed by atoms with Crippen LogP contribution in [0.15, 0.2) is 30.3 Å². The molecular formula is C12H6ClF3N2O. The summed E-state index contributed by atoms with van der Waals surface area (Å²) in [5.41, 5.74) is -0.489. The second-order valence-electron chi connectivity index (χ2n) is 3.53. The van der Waals surface area contributed by atoms with Crippen molar-refractivity contribution in [1.82, 2.24) is 4.98 Å². The Kier molecular flexibility index (Phi) is 3.71. The van der Waals surface area contributed by atoms with Gasteiger partial charge in [-0.2, -0.15) is 13.8 Å². The zero-order chi connectivity index (χ0) is 14.0. The Morgan fingerprint density at radius 1 is 1.16 bits per heavy atom. The van der Waals surface area contributed by atoms with Crippen molar-refractivity contribution in [1.29, 1.82) is 0 Å². The van der Waals surface area contributed by atoms with E-state index in [9.17, 15) is 18.0 Å². The van der Waals surface area contributed by atoms with Crippen LogP contribution in [0.5, 0.6) is 0 Å². The topological polar surface area (TPSA) is 42.0 Å². The zero-order valence-electron chi connectivity index (χ0n) is 9.25. The molecule has 7 heteroatoms. The summed E-state index contributed by atoms with van der Waals surface area (Å²) in [6.07, 6.45) is 0. The molecule has 0 saturated carbocycles. The highest BCUT2D eigenvalue weighted by molar-refractivity contribution is 6.34. The molecule has 2 aromatic rings. The summed E-state index contributed by atoms with van der Waals surface area (Å²) in [5, 5.41) is 1.75. The number of carbonyl (C=O) groups excluding carboxylic acids is 1. The molecule has 0 aliphatic rings. The van der Waals surface area contributed by atoms with E-state index >= 15 is 0 Å². The van der Waals surface area contributed by atoms with Gasteiger partial charge in [-0.1, -0.05) is 17.7 Å². The van der Waals surface area contributed by atoms with E-state index in [1.807, 2.05) is 0 Å². The van der Waals surface area contributed by atoms with Gasteiger partial charge in [0.05, 0.1) is 16.3 Å². The van der Waals surface area contributed by atoms with Gasteiger partial charge in [0.1, 0.15) is 5.82 Å². The first-order chi connectivity index (χ1) is 8.99. The van der Waals surface area contributed by atoms with Crippen LogP contribution in [0, 0.1) is 17.7 Å². The van der Waals surface area contributed by atoms with E-state index in [0.29, 0.717) is 0 Å². The van der Waals surface area contributed by atoms with E-state index < -0.39 is 23.6 Å². The predicted molar refractivity (Wildman–Crippen MR) is 63.5 cm³/mol. The van der Waals surface area contributed by atoms with Crippen molar-refractivity contribution in [3.63, 3.8) is 0 Å². The summed E-state index contributed by atoms with van der Waals surface area (Å²) < 4.78 is 39.0. The molecule has 0 unspecified atom stereocenters. The average molecular weight is 287 g/mol. The molecule has 98 valence electrons. The lowest BCUT2D eigenvalue weighted by Crippen LogP contribution is -2.14. The smallest absolute Gasteiger partial charge is 0.257 e. The van der Waals surface area contributed by atoms with Crippen LogP contribution in [-0.2, 0) is 0 Å². The lowest BCUT2D eigenvalue weighted by Gasteiger charge is -2.07. The Hall–Kier alpha value is -2.08. The standard InChI is InChI=1S/C12H6ClF3N2O/c13-10-6(2-1-3-7(10)14)12(19)17-8-4-5-9(15)18-11(8)16/h1-5H,(H,17,19). The first-order valence-electron chi connectivity index (χ1n) is 5.06. The highest BCUT2D eigenvalue weighted by atomic mass is 35.5. The molecule has 0 spiro atoms. The summed E-state index contributed by atoms with van der Waals surface area (Å²) in [4.78, 5) is 14.7. The van der Waals surface area contributed by atoms with Crippen molar-refractivity contribution in [3.05, 3.63) is 58.6 Å². The number of amides is 1. The second-order valence-corrected chi connectivity index (χ2v) is 3.91. The second kappa shape index (κ2) is 5.27. The highest BCUT2D eigenvalue weighted by Crippen LogP contribution is 2.21. The maximum atomic E-state index is 13.2. The minimum Gasteiger partial charge on any atom is -0.318 e. The molecular weight excluding hydrogens is 281 g/mol. The van der Waals surface area contributed by atoms with Crippen molar-refractivity contribution >= 4 is 23.2 Å². The Morgan fingerprint density at radius 2 is 1.89 bits per heavy atom. The number of hydrogen-bond donors (Lipinski definition) is 1. The summed E-state index contributed by atoms with van der Waals surface area (Å²) in [7, 11) is 0. The van der Waals surface area contributed by atoms with Crippen LogP contribution in [-0.4, -0.2) is 10.9 Å². The number of hydrogen-bond acceptors (Lipinski definition) is 2. The lowest BCUT2D eigenvalue weighted by molar-refractivity contribution is 0.102. The number of halogens is 4. The molecule has 0 aliphatic heterocycles. The quantitative estimate of drug-likeness (QED) is 0.860. The maximum Gasteiger partial charge on any atom is 0.257 e. The lowest BCUT2D eigenvalue weighted by atomic mass is 10.2. The van der Waals surface area contributed by atoms with Gasteiger partial charge in [0.15, 0.2) is 0 Å². The third kappa shape index (κ3) is 2.85. The maximum absolute atomic E-state index is 13.2. The molecule has 0 saturated heterocycles. The Bertz CT molecular complexity index is 649. The van der Waals surface area contributed by atoms with Crippen LogP contribution in [0.3, 0.4) is 0 Å². The van der Waals surface area contributed by atoms with Gasteiger partial charge < -0.3 is 5.32 Å². The number of anilines is 1. The molecule has 2 rings (SSSR count). The van der Waals surface area contributed by atoms with E-state index in [1.54, 1.807) is 0 Å². The van der Waals surface area contributed by atoms with E-state index in [0.717, 1.165) is 18.2 Å². The summed E-state index contributed by atoms with van der Waals surface area (Å²) in [5.74, 6) is -3.79. The molecule has 1 aromatic heterocycles. The summed E-state index contributed by atoms with van der Waals surface area (Å²) in [6.45, 7) is 0. The number of rotatable bonds is 2.